The fourth-order valence-corrected chi connectivity index (χ4v) is 3.85. The molecule has 3 aliphatic rings. The summed E-state index contributed by atoms with van der Waals surface area (Å²) in [6, 6.07) is 7.70. The van der Waals surface area contributed by atoms with Gasteiger partial charge in [0, 0.05) is 11.9 Å². The molecule has 1 aromatic carbocycles. The van der Waals surface area contributed by atoms with Crippen molar-refractivity contribution in [3.05, 3.63) is 29.5 Å². The van der Waals surface area contributed by atoms with E-state index in [1.165, 1.54) is 0 Å². The van der Waals surface area contributed by atoms with E-state index in [2.05, 4.69) is 16.1 Å². The minimum atomic E-state index is -0.519. The standard InChI is InChI=1S/C16H17N5O/c17-8-10-1-2-12-13(7-10)21(19-15(12)16(18)22)14-9-20-5-3-11(14)4-6-20/h1-2,7,11,14H,3-6,9H2,(H2,18,22)/t14-/m1/s1. The van der Waals surface area contributed by atoms with E-state index in [1.807, 2.05) is 10.7 Å². The first-order chi connectivity index (χ1) is 10.7. The molecule has 3 fully saturated rings. The third kappa shape index (κ3) is 1.90. The second kappa shape index (κ2) is 4.82. The third-order valence-electron chi connectivity index (χ3n) is 5.01. The van der Waals surface area contributed by atoms with Crippen molar-refractivity contribution in [2.75, 3.05) is 19.6 Å². The number of fused-ring (bicyclic) bond motifs is 4. The maximum atomic E-state index is 11.7. The van der Waals surface area contributed by atoms with Gasteiger partial charge in [-0.2, -0.15) is 10.4 Å². The lowest BCUT2D eigenvalue weighted by Gasteiger charge is -2.44. The number of piperidine rings is 3. The fraction of sp³-hybridized carbons (Fsp3) is 0.438. The highest BCUT2D eigenvalue weighted by Crippen LogP contribution is 2.37. The molecule has 5 rings (SSSR count). The van der Waals surface area contributed by atoms with Gasteiger partial charge >= 0.3 is 0 Å². The van der Waals surface area contributed by atoms with Crippen LogP contribution in [-0.4, -0.2) is 40.2 Å². The van der Waals surface area contributed by atoms with E-state index in [1.54, 1.807) is 12.1 Å². The number of benzene rings is 1. The van der Waals surface area contributed by atoms with Crippen molar-refractivity contribution in [3.8, 4) is 6.07 Å². The van der Waals surface area contributed by atoms with E-state index in [0.29, 0.717) is 17.2 Å². The summed E-state index contributed by atoms with van der Waals surface area (Å²) >= 11 is 0. The van der Waals surface area contributed by atoms with Crippen molar-refractivity contribution >= 4 is 16.8 Å². The number of carbonyl (C=O) groups is 1. The molecular weight excluding hydrogens is 278 g/mol. The van der Waals surface area contributed by atoms with Crippen molar-refractivity contribution in [2.24, 2.45) is 11.7 Å². The van der Waals surface area contributed by atoms with Gasteiger partial charge in [0.25, 0.3) is 5.91 Å². The third-order valence-corrected chi connectivity index (χ3v) is 5.01. The molecule has 1 aromatic heterocycles. The van der Waals surface area contributed by atoms with Gasteiger partial charge in [-0.25, -0.2) is 0 Å². The van der Waals surface area contributed by atoms with Crippen LogP contribution in [0.3, 0.4) is 0 Å². The molecule has 1 atom stereocenters. The summed E-state index contributed by atoms with van der Waals surface area (Å²) in [5.41, 5.74) is 7.20. The Balaban J connectivity index is 1.89. The Bertz CT molecular complexity index is 795. The van der Waals surface area contributed by atoms with Crippen LogP contribution in [0.1, 0.15) is 34.9 Å². The molecule has 3 aliphatic heterocycles. The number of carbonyl (C=O) groups excluding carboxylic acids is 1. The van der Waals surface area contributed by atoms with Crippen molar-refractivity contribution in [1.29, 1.82) is 5.26 Å². The van der Waals surface area contributed by atoms with Crippen LogP contribution in [0.5, 0.6) is 0 Å². The number of primary amides is 1. The van der Waals surface area contributed by atoms with Gasteiger partial charge in [-0.05, 0) is 50.0 Å². The van der Waals surface area contributed by atoms with E-state index >= 15 is 0 Å². The van der Waals surface area contributed by atoms with Crippen LogP contribution in [-0.2, 0) is 0 Å². The topological polar surface area (TPSA) is 87.9 Å². The molecule has 6 heteroatoms. The summed E-state index contributed by atoms with van der Waals surface area (Å²) in [7, 11) is 0. The first-order valence-corrected chi connectivity index (χ1v) is 7.62. The molecule has 0 saturated carbocycles. The number of nitrogens with zero attached hydrogens (tertiary/aromatic N) is 4. The Kier molecular flexibility index (Phi) is 2.91. The molecule has 6 nitrogen and oxygen atoms in total. The highest BCUT2D eigenvalue weighted by atomic mass is 16.1. The fourth-order valence-electron chi connectivity index (χ4n) is 3.85. The molecule has 0 unspecified atom stereocenters. The predicted molar refractivity (Wildman–Crippen MR) is 81.2 cm³/mol. The summed E-state index contributed by atoms with van der Waals surface area (Å²) in [6.45, 7) is 3.25. The largest absolute Gasteiger partial charge is 0.364 e. The van der Waals surface area contributed by atoms with Crippen molar-refractivity contribution < 1.29 is 4.79 Å². The lowest BCUT2D eigenvalue weighted by atomic mass is 9.84. The Hall–Kier alpha value is -2.39. The molecule has 2 bridgehead atoms. The van der Waals surface area contributed by atoms with Crippen LogP contribution in [0, 0.1) is 17.2 Å². The maximum absolute atomic E-state index is 11.7. The second-order valence-corrected chi connectivity index (χ2v) is 6.21. The van der Waals surface area contributed by atoms with Gasteiger partial charge in [0.15, 0.2) is 5.69 Å². The number of amides is 1. The SMILES string of the molecule is N#Cc1ccc2c(C(N)=O)nn([C@@H]3CN4CCC3CC4)c2c1. The van der Waals surface area contributed by atoms with Crippen molar-refractivity contribution in [2.45, 2.75) is 18.9 Å². The number of nitrogens with two attached hydrogens (primary N) is 1. The molecule has 0 radical (unpaired) electrons. The lowest BCUT2D eigenvalue weighted by molar-refractivity contribution is 0.0531. The summed E-state index contributed by atoms with van der Waals surface area (Å²) in [5.74, 6) is 0.0642. The van der Waals surface area contributed by atoms with Crippen LogP contribution < -0.4 is 5.73 Å². The minimum Gasteiger partial charge on any atom is -0.364 e. The van der Waals surface area contributed by atoms with Gasteiger partial charge < -0.3 is 10.6 Å². The van der Waals surface area contributed by atoms with Crippen LogP contribution in [0.15, 0.2) is 18.2 Å². The molecular formula is C16H17N5O. The molecule has 0 spiro atoms. The van der Waals surface area contributed by atoms with Crippen LogP contribution in [0.25, 0.3) is 10.9 Å². The second-order valence-electron chi connectivity index (χ2n) is 6.21. The summed E-state index contributed by atoms with van der Waals surface area (Å²) < 4.78 is 1.94. The summed E-state index contributed by atoms with van der Waals surface area (Å²) in [4.78, 5) is 14.1. The normalized spacial score (nSPS) is 27.0. The van der Waals surface area contributed by atoms with Crippen molar-refractivity contribution in [1.82, 2.24) is 14.7 Å². The predicted octanol–water partition coefficient (Wildman–Crippen LogP) is 1.27. The quantitative estimate of drug-likeness (QED) is 0.903. The molecule has 0 aliphatic carbocycles. The minimum absolute atomic E-state index is 0.257. The van der Waals surface area contributed by atoms with Gasteiger partial charge in [0.1, 0.15) is 0 Å². The molecule has 4 heterocycles. The first kappa shape index (κ1) is 13.3. The average molecular weight is 295 g/mol. The highest BCUT2D eigenvalue weighted by molar-refractivity contribution is 6.04. The van der Waals surface area contributed by atoms with E-state index in [0.717, 1.165) is 43.4 Å². The molecule has 2 aromatic rings. The van der Waals surface area contributed by atoms with E-state index in [4.69, 9.17) is 11.0 Å². The van der Waals surface area contributed by atoms with Gasteiger partial charge in [-0.3, -0.25) is 9.48 Å². The molecule has 112 valence electrons. The summed E-state index contributed by atoms with van der Waals surface area (Å²) in [6.07, 6.45) is 2.33. The van der Waals surface area contributed by atoms with Gasteiger partial charge in [-0.15, -0.1) is 0 Å². The zero-order valence-electron chi connectivity index (χ0n) is 12.2. The average Bonchev–Trinajstić information content (AvgIpc) is 2.94. The number of hydrogen-bond acceptors (Lipinski definition) is 4. The Labute approximate surface area is 128 Å². The van der Waals surface area contributed by atoms with E-state index in [9.17, 15) is 4.79 Å². The molecule has 22 heavy (non-hydrogen) atoms. The van der Waals surface area contributed by atoms with E-state index in [-0.39, 0.29) is 6.04 Å². The highest BCUT2D eigenvalue weighted by Gasteiger charge is 2.36. The first-order valence-electron chi connectivity index (χ1n) is 7.62. The zero-order chi connectivity index (χ0) is 15.3. The monoisotopic (exact) mass is 295 g/mol. The molecule has 3 saturated heterocycles. The number of nitriles is 1. The Morgan fingerprint density at radius 1 is 1.36 bits per heavy atom. The van der Waals surface area contributed by atoms with Gasteiger partial charge in [-0.1, -0.05) is 0 Å². The Morgan fingerprint density at radius 2 is 2.14 bits per heavy atom. The van der Waals surface area contributed by atoms with E-state index < -0.39 is 5.91 Å². The molecule has 1 amide bonds. The number of hydrogen-bond donors (Lipinski definition) is 1. The smallest absolute Gasteiger partial charge is 0.269 e. The van der Waals surface area contributed by atoms with Crippen LogP contribution >= 0.6 is 0 Å². The number of aromatic nitrogens is 2. The van der Waals surface area contributed by atoms with Gasteiger partial charge in [0.2, 0.25) is 0 Å². The lowest BCUT2D eigenvalue weighted by Crippen LogP contribution is -2.48. The Morgan fingerprint density at radius 3 is 2.73 bits per heavy atom. The molecule has 2 N–H and O–H groups in total. The van der Waals surface area contributed by atoms with Gasteiger partial charge in [0.05, 0.1) is 23.2 Å². The van der Waals surface area contributed by atoms with Crippen LogP contribution in [0.4, 0.5) is 0 Å². The van der Waals surface area contributed by atoms with Crippen molar-refractivity contribution in [3.63, 3.8) is 0 Å². The zero-order valence-corrected chi connectivity index (χ0v) is 12.2. The summed E-state index contributed by atoms with van der Waals surface area (Å²) in [5, 5.41) is 14.4. The maximum Gasteiger partial charge on any atom is 0.269 e. The van der Waals surface area contributed by atoms with Crippen LogP contribution in [0.2, 0.25) is 0 Å². The number of rotatable bonds is 2.